The standard InChI is InChI=1S/C26H35FN8/c1-19(2)35-18-20(16-29-35)25-24(27)17-28-26(31-25)30-21-4-6-22(7-5-21)33-12-14-34(15-13-33)23-8-10-32(3)11-9-23/h4-7,16-19,23H,8-15H2,1-3H3,(H,28,30,31). The Balaban J connectivity index is 1.20. The zero-order chi connectivity index (χ0) is 24.4. The molecule has 0 radical (unpaired) electrons. The van der Waals surface area contributed by atoms with Gasteiger partial charge in [-0.25, -0.2) is 14.4 Å². The van der Waals surface area contributed by atoms with Crippen molar-refractivity contribution in [2.75, 3.05) is 56.5 Å². The molecule has 3 aromatic rings. The maximum Gasteiger partial charge on any atom is 0.227 e. The van der Waals surface area contributed by atoms with Gasteiger partial charge in [0.1, 0.15) is 5.69 Å². The predicted molar refractivity (Wildman–Crippen MR) is 138 cm³/mol. The first-order valence-electron chi connectivity index (χ1n) is 12.6. The smallest absolute Gasteiger partial charge is 0.227 e. The van der Waals surface area contributed by atoms with Crippen molar-refractivity contribution in [3.05, 3.63) is 48.7 Å². The number of rotatable bonds is 6. The van der Waals surface area contributed by atoms with Crippen molar-refractivity contribution < 1.29 is 4.39 Å². The second-order valence-corrected chi connectivity index (χ2v) is 9.92. The van der Waals surface area contributed by atoms with Gasteiger partial charge >= 0.3 is 0 Å². The van der Waals surface area contributed by atoms with Crippen LogP contribution in [-0.4, -0.2) is 81.9 Å². The van der Waals surface area contributed by atoms with E-state index in [2.05, 4.69) is 54.3 Å². The minimum atomic E-state index is -0.464. The molecule has 5 rings (SSSR count). The SMILES string of the molecule is CC(C)n1cc(-c2nc(Nc3ccc(N4CCN(C5CCN(C)CC5)CC4)cc3)ncc2F)cn1. The number of likely N-dealkylation sites (tertiary alicyclic amines) is 1. The number of anilines is 3. The number of hydrogen-bond acceptors (Lipinski definition) is 7. The molecule has 2 aliphatic heterocycles. The van der Waals surface area contributed by atoms with E-state index in [4.69, 9.17) is 0 Å². The van der Waals surface area contributed by atoms with Crippen LogP contribution in [-0.2, 0) is 0 Å². The summed E-state index contributed by atoms with van der Waals surface area (Å²) < 4.78 is 16.2. The summed E-state index contributed by atoms with van der Waals surface area (Å²) in [5.41, 5.74) is 2.97. The lowest BCUT2D eigenvalue weighted by Crippen LogP contribution is -2.52. The summed E-state index contributed by atoms with van der Waals surface area (Å²) in [7, 11) is 2.22. The molecule has 9 heteroatoms. The summed E-state index contributed by atoms with van der Waals surface area (Å²) in [6.45, 7) is 10.8. The van der Waals surface area contributed by atoms with Gasteiger partial charge in [-0.1, -0.05) is 0 Å². The van der Waals surface area contributed by atoms with Crippen LogP contribution in [0.3, 0.4) is 0 Å². The van der Waals surface area contributed by atoms with Crippen molar-refractivity contribution in [2.45, 2.75) is 38.8 Å². The van der Waals surface area contributed by atoms with E-state index in [1.807, 2.05) is 26.0 Å². The molecule has 4 heterocycles. The van der Waals surface area contributed by atoms with E-state index < -0.39 is 5.82 Å². The van der Waals surface area contributed by atoms with Crippen LogP contribution in [0.5, 0.6) is 0 Å². The largest absolute Gasteiger partial charge is 0.369 e. The monoisotopic (exact) mass is 478 g/mol. The second-order valence-electron chi connectivity index (χ2n) is 9.92. The average Bonchev–Trinajstić information content (AvgIpc) is 3.37. The van der Waals surface area contributed by atoms with Gasteiger partial charge in [0, 0.05) is 61.4 Å². The summed E-state index contributed by atoms with van der Waals surface area (Å²) in [5.74, 6) is -0.105. The maximum absolute atomic E-state index is 14.4. The van der Waals surface area contributed by atoms with Crippen molar-refractivity contribution in [1.29, 1.82) is 0 Å². The number of piperidine rings is 1. The Kier molecular flexibility index (Phi) is 6.97. The summed E-state index contributed by atoms with van der Waals surface area (Å²) in [6, 6.07) is 9.25. The van der Waals surface area contributed by atoms with Gasteiger partial charge in [-0.2, -0.15) is 5.10 Å². The molecule has 35 heavy (non-hydrogen) atoms. The highest BCUT2D eigenvalue weighted by Gasteiger charge is 2.26. The maximum atomic E-state index is 14.4. The van der Waals surface area contributed by atoms with Gasteiger partial charge in [-0.3, -0.25) is 9.58 Å². The molecule has 0 bridgehead atoms. The lowest BCUT2D eigenvalue weighted by Gasteiger charge is -2.42. The quantitative estimate of drug-likeness (QED) is 0.574. The first-order valence-corrected chi connectivity index (χ1v) is 12.6. The average molecular weight is 479 g/mol. The zero-order valence-corrected chi connectivity index (χ0v) is 20.9. The third-order valence-electron chi connectivity index (χ3n) is 7.16. The van der Waals surface area contributed by atoms with Crippen LogP contribution in [0.4, 0.5) is 21.7 Å². The van der Waals surface area contributed by atoms with E-state index in [0.29, 0.717) is 11.5 Å². The molecular formula is C26H35FN8. The highest BCUT2D eigenvalue weighted by Crippen LogP contribution is 2.25. The zero-order valence-electron chi connectivity index (χ0n) is 20.9. The lowest BCUT2D eigenvalue weighted by molar-refractivity contribution is 0.115. The van der Waals surface area contributed by atoms with Gasteiger partial charge in [0.15, 0.2) is 5.82 Å². The Morgan fingerprint density at radius 3 is 2.34 bits per heavy atom. The van der Waals surface area contributed by atoms with Crippen molar-refractivity contribution >= 4 is 17.3 Å². The molecule has 186 valence electrons. The fourth-order valence-electron chi connectivity index (χ4n) is 4.96. The predicted octanol–water partition coefficient (Wildman–Crippen LogP) is 4.02. The molecule has 0 aliphatic carbocycles. The van der Waals surface area contributed by atoms with E-state index in [9.17, 15) is 4.39 Å². The van der Waals surface area contributed by atoms with Gasteiger partial charge in [0.2, 0.25) is 5.95 Å². The van der Waals surface area contributed by atoms with Crippen LogP contribution >= 0.6 is 0 Å². The van der Waals surface area contributed by atoms with Crippen molar-refractivity contribution in [1.82, 2.24) is 29.5 Å². The number of aromatic nitrogens is 4. The molecule has 2 saturated heterocycles. The summed E-state index contributed by atoms with van der Waals surface area (Å²) in [5, 5.41) is 7.50. The molecule has 0 unspecified atom stereocenters. The number of nitrogens with zero attached hydrogens (tertiary/aromatic N) is 7. The summed E-state index contributed by atoms with van der Waals surface area (Å²) in [6.07, 6.45) is 7.21. The van der Waals surface area contributed by atoms with Gasteiger partial charge in [-0.05, 0) is 71.1 Å². The minimum absolute atomic E-state index is 0.196. The van der Waals surface area contributed by atoms with Gasteiger partial charge < -0.3 is 15.1 Å². The van der Waals surface area contributed by atoms with E-state index >= 15 is 0 Å². The third-order valence-corrected chi connectivity index (χ3v) is 7.16. The first-order chi connectivity index (χ1) is 17.0. The molecule has 0 atom stereocenters. The van der Waals surface area contributed by atoms with Crippen LogP contribution in [0.2, 0.25) is 0 Å². The highest BCUT2D eigenvalue weighted by molar-refractivity contribution is 5.63. The fourth-order valence-corrected chi connectivity index (χ4v) is 4.96. The number of halogens is 1. The fraction of sp³-hybridized carbons (Fsp3) is 0.500. The van der Waals surface area contributed by atoms with Crippen molar-refractivity contribution in [3.8, 4) is 11.3 Å². The Labute approximate surface area is 206 Å². The highest BCUT2D eigenvalue weighted by atomic mass is 19.1. The van der Waals surface area contributed by atoms with Crippen LogP contribution in [0.25, 0.3) is 11.3 Å². The number of nitrogens with one attached hydrogen (secondary N) is 1. The van der Waals surface area contributed by atoms with Crippen molar-refractivity contribution in [3.63, 3.8) is 0 Å². The van der Waals surface area contributed by atoms with E-state index in [-0.39, 0.29) is 11.7 Å². The van der Waals surface area contributed by atoms with Crippen LogP contribution in [0, 0.1) is 5.82 Å². The summed E-state index contributed by atoms with van der Waals surface area (Å²) in [4.78, 5) is 16.1. The van der Waals surface area contributed by atoms with E-state index in [1.54, 1.807) is 17.1 Å². The molecule has 0 amide bonds. The Hall–Kier alpha value is -3.04. The number of piperazine rings is 1. The normalized spacial score (nSPS) is 18.4. The molecule has 0 spiro atoms. The Bertz CT molecular complexity index is 1110. The van der Waals surface area contributed by atoms with Crippen LogP contribution in [0.15, 0.2) is 42.9 Å². The lowest BCUT2D eigenvalue weighted by atomic mass is 10.0. The molecule has 2 aliphatic rings. The van der Waals surface area contributed by atoms with Crippen LogP contribution in [0.1, 0.15) is 32.7 Å². The molecule has 0 saturated carbocycles. The Morgan fingerprint density at radius 1 is 0.971 bits per heavy atom. The third kappa shape index (κ3) is 5.46. The van der Waals surface area contributed by atoms with Crippen molar-refractivity contribution in [2.24, 2.45) is 0 Å². The summed E-state index contributed by atoms with van der Waals surface area (Å²) >= 11 is 0. The molecule has 1 aromatic carbocycles. The van der Waals surface area contributed by atoms with Gasteiger partial charge in [0.25, 0.3) is 0 Å². The van der Waals surface area contributed by atoms with E-state index in [1.165, 1.54) is 37.8 Å². The molecule has 1 N–H and O–H groups in total. The number of benzene rings is 1. The first kappa shape index (κ1) is 23.7. The Morgan fingerprint density at radius 2 is 1.69 bits per heavy atom. The van der Waals surface area contributed by atoms with Gasteiger partial charge in [-0.15, -0.1) is 0 Å². The minimum Gasteiger partial charge on any atom is -0.369 e. The van der Waals surface area contributed by atoms with E-state index in [0.717, 1.165) is 37.9 Å². The number of hydrogen-bond donors (Lipinski definition) is 1. The topological polar surface area (TPSA) is 65.4 Å². The second kappa shape index (κ2) is 10.3. The molecular weight excluding hydrogens is 443 g/mol. The molecule has 2 aromatic heterocycles. The van der Waals surface area contributed by atoms with Gasteiger partial charge in [0.05, 0.1) is 12.4 Å². The van der Waals surface area contributed by atoms with Crippen LogP contribution < -0.4 is 10.2 Å². The molecule has 8 nitrogen and oxygen atoms in total. The molecule has 2 fully saturated rings.